The molecule has 1 saturated carbocycles. The van der Waals surface area contributed by atoms with Crippen molar-refractivity contribution in [2.24, 2.45) is 0 Å². The first-order valence-corrected chi connectivity index (χ1v) is 8.63. The van der Waals surface area contributed by atoms with Crippen LogP contribution in [0.3, 0.4) is 0 Å². The van der Waals surface area contributed by atoms with Crippen molar-refractivity contribution in [3.8, 4) is 0 Å². The maximum Gasteiger partial charge on any atom is 0.328 e. The summed E-state index contributed by atoms with van der Waals surface area (Å²) in [7, 11) is 0. The van der Waals surface area contributed by atoms with Gasteiger partial charge >= 0.3 is 5.97 Å². The number of amides is 1. The molecule has 0 spiro atoms. The number of carbonyl (C=O) groups is 2. The fourth-order valence-corrected chi connectivity index (χ4v) is 2.82. The van der Waals surface area contributed by atoms with Gasteiger partial charge in [0, 0.05) is 17.0 Å². The van der Waals surface area contributed by atoms with Gasteiger partial charge < -0.3 is 15.2 Å². The number of hydrogen-bond acceptors (Lipinski definition) is 4. The number of carboxylic acids is 1. The Balaban J connectivity index is 1.91. The second-order valence-electron chi connectivity index (χ2n) is 6.58. The molecule has 0 bridgehead atoms. The highest BCUT2D eigenvalue weighted by molar-refractivity contribution is 6.07. The molecule has 2 N–H and O–H groups in total. The van der Waals surface area contributed by atoms with E-state index < -0.39 is 17.9 Å². The molecule has 6 heteroatoms. The van der Waals surface area contributed by atoms with Gasteiger partial charge in [0.1, 0.15) is 0 Å². The molecule has 1 aromatic carbocycles. The Morgan fingerprint density at radius 2 is 2.19 bits per heavy atom. The molecule has 0 radical (unpaired) electrons. The van der Waals surface area contributed by atoms with Crippen LogP contribution in [-0.2, 0) is 9.53 Å². The predicted molar refractivity (Wildman–Crippen MR) is 98.4 cm³/mol. The molecular formula is C20H22N2O4. The third kappa shape index (κ3) is 4.08. The van der Waals surface area contributed by atoms with Gasteiger partial charge in [-0.3, -0.25) is 9.78 Å². The minimum atomic E-state index is -1.14. The third-order valence-corrected chi connectivity index (χ3v) is 4.35. The Hall–Kier alpha value is -2.73. The van der Waals surface area contributed by atoms with Gasteiger partial charge in [-0.1, -0.05) is 17.7 Å². The number of hydrogen-bond donors (Lipinski definition) is 2. The average Bonchev–Trinajstić information content (AvgIpc) is 3.45. The maximum atomic E-state index is 12.8. The minimum absolute atomic E-state index is 0.120. The number of rotatable bonds is 8. The first kappa shape index (κ1) is 18.1. The Morgan fingerprint density at radius 1 is 1.42 bits per heavy atom. The highest BCUT2D eigenvalue weighted by Gasteiger charge is 2.28. The first-order valence-electron chi connectivity index (χ1n) is 8.63. The lowest BCUT2D eigenvalue weighted by molar-refractivity contribution is -0.140. The number of aromatic nitrogens is 1. The van der Waals surface area contributed by atoms with E-state index in [1.807, 2.05) is 25.1 Å². The molecule has 1 aliphatic rings. The highest BCUT2D eigenvalue weighted by atomic mass is 16.5. The number of fused-ring (bicyclic) bond motifs is 1. The standard InChI is InChI=1S/C20H22N2O4/c1-3-8-26-11-18(20(24)25)22-19(23)15-10-17(13-5-6-13)21-16-7-4-12(2)9-14(15)16/h3-4,7,9-10,13,18H,1,5-6,8,11H2,2H3,(H,22,23)(H,24,25). The number of benzene rings is 1. The van der Waals surface area contributed by atoms with E-state index >= 15 is 0 Å². The number of pyridine rings is 1. The van der Waals surface area contributed by atoms with E-state index in [9.17, 15) is 14.7 Å². The SMILES string of the molecule is C=CCOCC(NC(=O)c1cc(C2CC2)nc2ccc(C)cc12)C(=O)O. The number of nitrogens with one attached hydrogen (secondary N) is 1. The predicted octanol–water partition coefficient (Wildman–Crippen LogP) is 2.81. The van der Waals surface area contributed by atoms with Crippen molar-refractivity contribution >= 4 is 22.8 Å². The Kier molecular flexibility index (Phi) is 5.32. The van der Waals surface area contributed by atoms with Gasteiger partial charge in [0.15, 0.2) is 6.04 Å². The number of aryl methyl sites for hydroxylation is 1. The lowest BCUT2D eigenvalue weighted by Crippen LogP contribution is -2.44. The van der Waals surface area contributed by atoms with E-state index in [1.165, 1.54) is 6.08 Å². The summed E-state index contributed by atoms with van der Waals surface area (Å²) in [5.74, 6) is -1.18. The van der Waals surface area contributed by atoms with E-state index in [1.54, 1.807) is 6.07 Å². The summed E-state index contributed by atoms with van der Waals surface area (Å²) in [4.78, 5) is 28.9. The van der Waals surface area contributed by atoms with Gasteiger partial charge in [-0.05, 0) is 38.0 Å². The zero-order valence-electron chi connectivity index (χ0n) is 14.7. The van der Waals surface area contributed by atoms with E-state index in [4.69, 9.17) is 4.74 Å². The molecule has 0 saturated heterocycles. The van der Waals surface area contributed by atoms with Crippen molar-refractivity contribution in [2.45, 2.75) is 31.7 Å². The highest BCUT2D eigenvalue weighted by Crippen LogP contribution is 2.40. The molecule has 3 rings (SSSR count). The molecule has 1 atom stereocenters. The Labute approximate surface area is 151 Å². The normalized spacial score (nSPS) is 14.8. The van der Waals surface area contributed by atoms with Crippen molar-refractivity contribution in [3.63, 3.8) is 0 Å². The zero-order chi connectivity index (χ0) is 18.7. The zero-order valence-corrected chi connectivity index (χ0v) is 14.7. The van der Waals surface area contributed by atoms with Crippen LogP contribution in [-0.4, -0.2) is 41.2 Å². The fraction of sp³-hybridized carbons (Fsp3) is 0.350. The fourth-order valence-electron chi connectivity index (χ4n) is 2.82. The molecule has 1 heterocycles. The van der Waals surface area contributed by atoms with Crippen LogP contribution in [0.4, 0.5) is 0 Å². The monoisotopic (exact) mass is 354 g/mol. The molecule has 1 aromatic heterocycles. The van der Waals surface area contributed by atoms with E-state index in [0.29, 0.717) is 11.5 Å². The molecule has 1 amide bonds. The van der Waals surface area contributed by atoms with Crippen molar-refractivity contribution < 1.29 is 19.4 Å². The van der Waals surface area contributed by atoms with Crippen molar-refractivity contribution in [2.75, 3.05) is 13.2 Å². The van der Waals surface area contributed by atoms with Gasteiger partial charge in [0.25, 0.3) is 5.91 Å². The summed E-state index contributed by atoms with van der Waals surface area (Å²) in [5, 5.41) is 12.6. The summed E-state index contributed by atoms with van der Waals surface area (Å²) in [5.41, 5.74) is 3.11. The van der Waals surface area contributed by atoms with Crippen LogP contribution in [0.5, 0.6) is 0 Å². The number of nitrogens with zero attached hydrogens (tertiary/aromatic N) is 1. The molecule has 2 aromatic rings. The smallest absolute Gasteiger partial charge is 0.328 e. The van der Waals surface area contributed by atoms with Crippen LogP contribution < -0.4 is 5.32 Å². The molecule has 0 aliphatic heterocycles. The lowest BCUT2D eigenvalue weighted by atomic mass is 10.0. The summed E-state index contributed by atoms with van der Waals surface area (Å²) < 4.78 is 5.20. The first-order chi connectivity index (χ1) is 12.5. The molecule has 1 aliphatic carbocycles. The Morgan fingerprint density at radius 3 is 2.85 bits per heavy atom. The van der Waals surface area contributed by atoms with Gasteiger partial charge in [0.05, 0.1) is 24.3 Å². The summed E-state index contributed by atoms with van der Waals surface area (Å²) in [6.45, 7) is 5.57. The van der Waals surface area contributed by atoms with Crippen LogP contribution in [0.25, 0.3) is 10.9 Å². The second-order valence-corrected chi connectivity index (χ2v) is 6.58. The number of ether oxygens (including phenoxy) is 1. The molecule has 26 heavy (non-hydrogen) atoms. The third-order valence-electron chi connectivity index (χ3n) is 4.35. The van der Waals surface area contributed by atoms with Crippen LogP contribution in [0.15, 0.2) is 36.9 Å². The van der Waals surface area contributed by atoms with Crippen molar-refractivity contribution in [3.05, 3.63) is 53.7 Å². The topological polar surface area (TPSA) is 88.5 Å². The molecule has 1 fully saturated rings. The van der Waals surface area contributed by atoms with Gasteiger partial charge in [0.2, 0.25) is 0 Å². The number of carbonyl (C=O) groups excluding carboxylic acids is 1. The number of carboxylic acid groups (broad SMARTS) is 1. The van der Waals surface area contributed by atoms with Crippen LogP contribution >= 0.6 is 0 Å². The van der Waals surface area contributed by atoms with Gasteiger partial charge in [-0.25, -0.2) is 4.79 Å². The van der Waals surface area contributed by atoms with E-state index in [-0.39, 0.29) is 13.2 Å². The quantitative estimate of drug-likeness (QED) is 0.562. The van der Waals surface area contributed by atoms with Crippen molar-refractivity contribution in [1.82, 2.24) is 10.3 Å². The minimum Gasteiger partial charge on any atom is -0.480 e. The van der Waals surface area contributed by atoms with E-state index in [2.05, 4.69) is 16.9 Å². The molecule has 6 nitrogen and oxygen atoms in total. The second kappa shape index (κ2) is 7.66. The summed E-state index contributed by atoms with van der Waals surface area (Å²) in [6.07, 6.45) is 3.67. The molecule has 136 valence electrons. The van der Waals surface area contributed by atoms with Crippen LogP contribution in [0, 0.1) is 6.92 Å². The Bertz CT molecular complexity index is 858. The van der Waals surface area contributed by atoms with E-state index in [0.717, 1.165) is 35.0 Å². The lowest BCUT2D eigenvalue weighted by Gasteiger charge is -2.16. The van der Waals surface area contributed by atoms with Gasteiger partial charge in [-0.15, -0.1) is 6.58 Å². The van der Waals surface area contributed by atoms with Crippen LogP contribution in [0.1, 0.15) is 40.4 Å². The number of aliphatic carboxylic acids is 1. The molecular weight excluding hydrogens is 332 g/mol. The van der Waals surface area contributed by atoms with Crippen LogP contribution in [0.2, 0.25) is 0 Å². The van der Waals surface area contributed by atoms with Gasteiger partial charge in [-0.2, -0.15) is 0 Å². The maximum absolute atomic E-state index is 12.8. The average molecular weight is 354 g/mol. The summed E-state index contributed by atoms with van der Waals surface area (Å²) in [6, 6.07) is 6.42. The van der Waals surface area contributed by atoms with Crippen molar-refractivity contribution in [1.29, 1.82) is 0 Å². The summed E-state index contributed by atoms with van der Waals surface area (Å²) >= 11 is 0. The largest absolute Gasteiger partial charge is 0.480 e. The molecule has 1 unspecified atom stereocenters.